The molecular weight excluding hydrogens is 284 g/mol. The summed E-state index contributed by atoms with van der Waals surface area (Å²) in [6.45, 7) is 1.34. The monoisotopic (exact) mass is 300 g/mol. The average molecular weight is 301 g/mol. The zero-order valence-electron chi connectivity index (χ0n) is 11.6. The number of para-hydroxylation sites is 1. The highest BCUT2D eigenvalue weighted by Crippen LogP contribution is 2.32. The first-order chi connectivity index (χ1) is 10.2. The number of halogens is 1. The maximum absolute atomic E-state index is 12.1. The molecule has 0 saturated carbocycles. The van der Waals surface area contributed by atoms with Gasteiger partial charge in [0.25, 0.3) is 0 Å². The van der Waals surface area contributed by atoms with E-state index in [1.807, 2.05) is 36.4 Å². The van der Waals surface area contributed by atoms with E-state index in [1.165, 1.54) is 5.56 Å². The van der Waals surface area contributed by atoms with Crippen molar-refractivity contribution in [2.75, 3.05) is 11.9 Å². The number of benzene rings is 2. The summed E-state index contributed by atoms with van der Waals surface area (Å²) in [5.41, 5.74) is 3.39. The number of carbonyl (C=O) groups is 1. The molecule has 0 aliphatic carbocycles. The van der Waals surface area contributed by atoms with Gasteiger partial charge < -0.3 is 10.6 Å². The third kappa shape index (κ3) is 3.37. The Bertz CT molecular complexity index is 657. The minimum Gasteiger partial charge on any atom is -0.384 e. The van der Waals surface area contributed by atoms with Crippen LogP contribution in [0.3, 0.4) is 0 Å². The van der Waals surface area contributed by atoms with Crippen LogP contribution in [0.4, 0.5) is 5.69 Å². The molecule has 0 radical (unpaired) electrons. The van der Waals surface area contributed by atoms with E-state index >= 15 is 0 Å². The predicted octanol–water partition coefficient (Wildman–Crippen LogP) is 3.56. The Kier molecular flexibility index (Phi) is 4.11. The zero-order valence-corrected chi connectivity index (χ0v) is 12.4. The van der Waals surface area contributed by atoms with Crippen LogP contribution in [-0.4, -0.2) is 12.5 Å². The molecule has 108 valence electrons. The van der Waals surface area contributed by atoms with Crippen molar-refractivity contribution in [2.45, 2.75) is 18.9 Å². The topological polar surface area (TPSA) is 41.1 Å². The molecule has 1 aliphatic rings. The summed E-state index contributed by atoms with van der Waals surface area (Å²) in [5, 5.41) is 6.99. The number of amides is 1. The van der Waals surface area contributed by atoms with Crippen molar-refractivity contribution < 1.29 is 4.79 Å². The molecule has 1 heterocycles. The second-order valence-corrected chi connectivity index (χ2v) is 5.71. The summed E-state index contributed by atoms with van der Waals surface area (Å²) in [4.78, 5) is 12.1. The van der Waals surface area contributed by atoms with E-state index in [9.17, 15) is 4.79 Å². The molecule has 1 atom stereocenters. The van der Waals surface area contributed by atoms with E-state index in [0.717, 1.165) is 17.8 Å². The van der Waals surface area contributed by atoms with Gasteiger partial charge in [-0.2, -0.15) is 0 Å². The third-order valence-electron chi connectivity index (χ3n) is 3.75. The SMILES string of the molecule is O=C(CC1CNc2ccccc21)NCc1cccc(Cl)c1. The maximum atomic E-state index is 12.1. The Labute approximate surface area is 129 Å². The van der Waals surface area contributed by atoms with Gasteiger partial charge in [-0.1, -0.05) is 41.9 Å². The molecule has 0 saturated heterocycles. The smallest absolute Gasteiger partial charge is 0.220 e. The van der Waals surface area contributed by atoms with Gasteiger partial charge >= 0.3 is 0 Å². The van der Waals surface area contributed by atoms with Crippen molar-refractivity contribution in [3.05, 3.63) is 64.7 Å². The van der Waals surface area contributed by atoms with Crippen LogP contribution in [0.2, 0.25) is 5.02 Å². The zero-order chi connectivity index (χ0) is 14.7. The number of hydrogen-bond donors (Lipinski definition) is 2. The van der Waals surface area contributed by atoms with Crippen molar-refractivity contribution in [1.82, 2.24) is 5.32 Å². The van der Waals surface area contributed by atoms with Gasteiger partial charge in [0.15, 0.2) is 0 Å². The lowest BCUT2D eigenvalue weighted by Gasteiger charge is -2.11. The molecule has 1 unspecified atom stereocenters. The van der Waals surface area contributed by atoms with Crippen molar-refractivity contribution >= 4 is 23.2 Å². The molecule has 1 aliphatic heterocycles. The van der Waals surface area contributed by atoms with Crippen LogP contribution in [0.1, 0.15) is 23.5 Å². The fourth-order valence-corrected chi connectivity index (χ4v) is 2.90. The van der Waals surface area contributed by atoms with E-state index in [-0.39, 0.29) is 11.8 Å². The van der Waals surface area contributed by atoms with Crippen LogP contribution in [0.5, 0.6) is 0 Å². The van der Waals surface area contributed by atoms with Gasteiger partial charge in [0.2, 0.25) is 5.91 Å². The Morgan fingerprint density at radius 2 is 2.10 bits per heavy atom. The van der Waals surface area contributed by atoms with Gasteiger partial charge in [0, 0.05) is 36.1 Å². The number of rotatable bonds is 4. The predicted molar refractivity (Wildman–Crippen MR) is 85.6 cm³/mol. The molecule has 2 N–H and O–H groups in total. The average Bonchev–Trinajstić information content (AvgIpc) is 2.89. The van der Waals surface area contributed by atoms with Crippen LogP contribution >= 0.6 is 11.6 Å². The molecule has 0 aromatic heterocycles. The second kappa shape index (κ2) is 6.19. The molecule has 2 aromatic carbocycles. The molecule has 0 spiro atoms. The Balaban J connectivity index is 1.56. The van der Waals surface area contributed by atoms with Gasteiger partial charge in [-0.05, 0) is 29.3 Å². The summed E-state index contributed by atoms with van der Waals surface area (Å²) in [7, 11) is 0. The first-order valence-corrected chi connectivity index (χ1v) is 7.44. The second-order valence-electron chi connectivity index (χ2n) is 5.28. The largest absolute Gasteiger partial charge is 0.384 e. The van der Waals surface area contributed by atoms with E-state index < -0.39 is 0 Å². The molecule has 21 heavy (non-hydrogen) atoms. The van der Waals surface area contributed by atoms with Gasteiger partial charge in [-0.15, -0.1) is 0 Å². The number of hydrogen-bond acceptors (Lipinski definition) is 2. The van der Waals surface area contributed by atoms with Gasteiger partial charge in [0.1, 0.15) is 0 Å². The van der Waals surface area contributed by atoms with Crippen molar-refractivity contribution in [2.24, 2.45) is 0 Å². The lowest BCUT2D eigenvalue weighted by Crippen LogP contribution is -2.25. The molecule has 0 bridgehead atoms. The highest BCUT2D eigenvalue weighted by atomic mass is 35.5. The summed E-state index contributed by atoms with van der Waals surface area (Å²) in [6, 6.07) is 15.7. The Morgan fingerprint density at radius 3 is 2.95 bits per heavy atom. The van der Waals surface area contributed by atoms with Crippen LogP contribution in [0.25, 0.3) is 0 Å². The van der Waals surface area contributed by atoms with E-state index in [2.05, 4.69) is 22.8 Å². The lowest BCUT2D eigenvalue weighted by atomic mass is 9.97. The van der Waals surface area contributed by atoms with Crippen LogP contribution in [0.15, 0.2) is 48.5 Å². The quantitative estimate of drug-likeness (QED) is 0.906. The summed E-state index contributed by atoms with van der Waals surface area (Å²) >= 11 is 5.93. The van der Waals surface area contributed by atoms with Crippen LogP contribution in [0, 0.1) is 0 Å². The highest BCUT2D eigenvalue weighted by Gasteiger charge is 2.23. The van der Waals surface area contributed by atoms with Gasteiger partial charge in [-0.3, -0.25) is 4.79 Å². The maximum Gasteiger partial charge on any atom is 0.220 e. The third-order valence-corrected chi connectivity index (χ3v) is 3.99. The van der Waals surface area contributed by atoms with Crippen LogP contribution < -0.4 is 10.6 Å². The molecule has 3 nitrogen and oxygen atoms in total. The van der Waals surface area contributed by atoms with E-state index in [0.29, 0.717) is 18.0 Å². The molecule has 0 fully saturated rings. The van der Waals surface area contributed by atoms with Crippen molar-refractivity contribution in [1.29, 1.82) is 0 Å². The first-order valence-electron chi connectivity index (χ1n) is 7.06. The minimum absolute atomic E-state index is 0.0680. The number of anilines is 1. The Morgan fingerprint density at radius 1 is 1.24 bits per heavy atom. The van der Waals surface area contributed by atoms with Gasteiger partial charge in [-0.25, -0.2) is 0 Å². The first kappa shape index (κ1) is 14.0. The molecule has 1 amide bonds. The summed E-state index contributed by atoms with van der Waals surface area (Å²) in [6.07, 6.45) is 0.505. The van der Waals surface area contributed by atoms with E-state index in [1.54, 1.807) is 0 Å². The van der Waals surface area contributed by atoms with Gasteiger partial charge in [0.05, 0.1) is 0 Å². The standard InChI is InChI=1S/C17H17ClN2O/c18-14-5-3-4-12(8-14)10-20-17(21)9-13-11-19-16-7-2-1-6-15(13)16/h1-8,13,19H,9-11H2,(H,20,21). The number of carbonyl (C=O) groups excluding carboxylic acids is 1. The molecular formula is C17H17ClN2O. The van der Waals surface area contributed by atoms with Crippen LogP contribution in [-0.2, 0) is 11.3 Å². The molecule has 4 heteroatoms. The normalized spacial score (nSPS) is 16.1. The molecule has 2 aromatic rings. The number of fused-ring (bicyclic) bond motifs is 1. The summed E-state index contributed by atoms with van der Waals surface area (Å²) < 4.78 is 0. The molecule has 3 rings (SSSR count). The minimum atomic E-state index is 0.0680. The van der Waals surface area contributed by atoms with Crippen molar-refractivity contribution in [3.63, 3.8) is 0 Å². The fourth-order valence-electron chi connectivity index (χ4n) is 2.68. The number of nitrogens with one attached hydrogen (secondary N) is 2. The van der Waals surface area contributed by atoms with E-state index in [4.69, 9.17) is 11.6 Å². The lowest BCUT2D eigenvalue weighted by molar-refractivity contribution is -0.121. The highest BCUT2D eigenvalue weighted by molar-refractivity contribution is 6.30. The summed E-state index contributed by atoms with van der Waals surface area (Å²) in [5.74, 6) is 0.319. The Hall–Kier alpha value is -2.00. The fraction of sp³-hybridized carbons (Fsp3) is 0.235. The van der Waals surface area contributed by atoms with Crippen molar-refractivity contribution in [3.8, 4) is 0 Å².